The van der Waals surface area contributed by atoms with Crippen molar-refractivity contribution in [2.75, 3.05) is 12.0 Å². The Balaban J connectivity index is 1.64. The molecule has 1 aliphatic heterocycles. The van der Waals surface area contributed by atoms with Crippen LogP contribution in [0.15, 0.2) is 60.2 Å². The maximum absolute atomic E-state index is 13.2. The molecule has 0 spiro atoms. The van der Waals surface area contributed by atoms with Gasteiger partial charge in [0.05, 0.1) is 17.8 Å². The molecule has 0 aromatic heterocycles. The number of imide groups is 2. The van der Waals surface area contributed by atoms with Crippen molar-refractivity contribution in [3.05, 3.63) is 90.5 Å². The molecule has 36 heavy (non-hydrogen) atoms. The van der Waals surface area contributed by atoms with Crippen LogP contribution in [-0.2, 0) is 16.2 Å². The molecule has 1 fully saturated rings. The van der Waals surface area contributed by atoms with Crippen LogP contribution in [-0.4, -0.2) is 25.0 Å². The van der Waals surface area contributed by atoms with Gasteiger partial charge in [-0.25, -0.2) is 9.69 Å². The minimum atomic E-state index is -0.864. The van der Waals surface area contributed by atoms with E-state index in [1.165, 1.54) is 19.3 Å². The summed E-state index contributed by atoms with van der Waals surface area (Å²) in [4.78, 5) is 39.0. The van der Waals surface area contributed by atoms with Crippen LogP contribution in [0.4, 0.5) is 10.5 Å². The summed E-state index contributed by atoms with van der Waals surface area (Å²) in [6.07, 6.45) is 1.34. The van der Waals surface area contributed by atoms with Crippen molar-refractivity contribution < 1.29 is 23.9 Å². The Morgan fingerprint density at radius 3 is 2.39 bits per heavy atom. The van der Waals surface area contributed by atoms with Crippen molar-refractivity contribution >= 4 is 75.4 Å². The van der Waals surface area contributed by atoms with Gasteiger partial charge in [0.1, 0.15) is 12.2 Å². The monoisotopic (exact) mass is 636 g/mol. The molecule has 184 valence electrons. The Morgan fingerprint density at radius 1 is 1.00 bits per heavy atom. The molecule has 4 rings (SSSR count). The van der Waals surface area contributed by atoms with Crippen molar-refractivity contribution in [2.24, 2.45) is 0 Å². The molecular formula is C26H19Cl2IN2O5. The number of hydrogen-bond acceptors (Lipinski definition) is 5. The highest BCUT2D eigenvalue weighted by Crippen LogP contribution is 2.38. The summed E-state index contributed by atoms with van der Waals surface area (Å²) in [5.41, 5.74) is 2.12. The summed E-state index contributed by atoms with van der Waals surface area (Å²) >= 11 is 14.9. The molecule has 0 atom stereocenters. The number of anilines is 1. The van der Waals surface area contributed by atoms with Gasteiger partial charge in [-0.15, -0.1) is 0 Å². The highest BCUT2D eigenvalue weighted by Gasteiger charge is 2.37. The van der Waals surface area contributed by atoms with Crippen LogP contribution < -0.4 is 19.7 Å². The number of aryl methyl sites for hydroxylation is 1. The highest BCUT2D eigenvalue weighted by atomic mass is 127. The van der Waals surface area contributed by atoms with E-state index in [2.05, 4.69) is 27.9 Å². The molecule has 3 aromatic rings. The first-order chi connectivity index (χ1) is 17.2. The van der Waals surface area contributed by atoms with Gasteiger partial charge in [0.15, 0.2) is 11.5 Å². The van der Waals surface area contributed by atoms with Gasteiger partial charge in [0.25, 0.3) is 11.8 Å². The third kappa shape index (κ3) is 5.50. The number of carbonyl (C=O) groups excluding carboxylic acids is 3. The number of methoxy groups -OCH3 is 1. The molecule has 4 amide bonds. The van der Waals surface area contributed by atoms with Crippen molar-refractivity contribution in [3.8, 4) is 11.5 Å². The van der Waals surface area contributed by atoms with Crippen molar-refractivity contribution in [2.45, 2.75) is 13.5 Å². The minimum Gasteiger partial charge on any atom is -0.493 e. The Bertz CT molecular complexity index is 1410. The van der Waals surface area contributed by atoms with Crippen molar-refractivity contribution in [1.29, 1.82) is 0 Å². The zero-order chi connectivity index (χ0) is 26.0. The Kier molecular flexibility index (Phi) is 7.87. The van der Waals surface area contributed by atoms with Crippen LogP contribution in [0.5, 0.6) is 11.5 Å². The average Bonchev–Trinajstić information content (AvgIpc) is 2.84. The number of amides is 4. The van der Waals surface area contributed by atoms with E-state index in [0.717, 1.165) is 19.6 Å². The first kappa shape index (κ1) is 26.0. The lowest BCUT2D eigenvalue weighted by molar-refractivity contribution is -0.122. The van der Waals surface area contributed by atoms with E-state index < -0.39 is 17.8 Å². The largest absolute Gasteiger partial charge is 0.493 e. The van der Waals surface area contributed by atoms with Crippen LogP contribution >= 0.6 is 45.8 Å². The molecule has 0 saturated carbocycles. The quantitative estimate of drug-likeness (QED) is 0.199. The smallest absolute Gasteiger partial charge is 0.335 e. The molecule has 0 unspecified atom stereocenters. The molecule has 1 saturated heterocycles. The number of halogens is 3. The Labute approximate surface area is 231 Å². The molecular weight excluding hydrogens is 618 g/mol. The summed E-state index contributed by atoms with van der Waals surface area (Å²) in [5.74, 6) is -0.974. The number of nitrogens with one attached hydrogen (secondary N) is 1. The molecule has 0 bridgehead atoms. The maximum atomic E-state index is 13.2. The predicted octanol–water partition coefficient (Wildman–Crippen LogP) is 6.16. The first-order valence-corrected chi connectivity index (χ1v) is 12.4. The molecule has 0 aliphatic carbocycles. The lowest BCUT2D eigenvalue weighted by Crippen LogP contribution is -2.54. The summed E-state index contributed by atoms with van der Waals surface area (Å²) in [5, 5.41) is 2.80. The number of rotatable bonds is 6. The van der Waals surface area contributed by atoms with E-state index in [4.69, 9.17) is 32.7 Å². The second-order valence-electron chi connectivity index (χ2n) is 7.84. The van der Waals surface area contributed by atoms with E-state index in [9.17, 15) is 14.4 Å². The fourth-order valence-electron chi connectivity index (χ4n) is 3.48. The van der Waals surface area contributed by atoms with Gasteiger partial charge in [-0.3, -0.25) is 14.9 Å². The number of carbonyl (C=O) groups is 3. The topological polar surface area (TPSA) is 84.9 Å². The van der Waals surface area contributed by atoms with E-state index in [-0.39, 0.29) is 22.9 Å². The first-order valence-electron chi connectivity index (χ1n) is 10.6. The van der Waals surface area contributed by atoms with Crippen molar-refractivity contribution in [1.82, 2.24) is 5.32 Å². The molecule has 1 N–H and O–H groups in total. The lowest BCUT2D eigenvalue weighted by Gasteiger charge is -2.26. The molecule has 10 heteroatoms. The summed E-state index contributed by atoms with van der Waals surface area (Å²) in [6, 6.07) is 14.8. The van der Waals surface area contributed by atoms with Gasteiger partial charge in [0, 0.05) is 8.59 Å². The third-order valence-corrected chi connectivity index (χ3v) is 6.78. The molecule has 3 aromatic carbocycles. The lowest BCUT2D eigenvalue weighted by atomic mass is 10.1. The number of nitrogens with zero attached hydrogens (tertiary/aromatic N) is 1. The zero-order valence-corrected chi connectivity index (χ0v) is 22.8. The minimum absolute atomic E-state index is 0.230. The fourth-order valence-corrected chi connectivity index (χ4v) is 4.29. The molecule has 7 nitrogen and oxygen atoms in total. The van der Waals surface area contributed by atoms with E-state index in [1.807, 2.05) is 24.3 Å². The zero-order valence-electron chi connectivity index (χ0n) is 19.1. The number of ether oxygens (including phenoxy) is 2. The SMILES string of the molecule is COc1cc(/C=C2/C(=O)NC(=O)N(c3ccc(C)c(Cl)c3)C2=O)cc(Cl)c1OCc1ccc(I)cc1. The number of urea groups is 1. The second-order valence-corrected chi connectivity index (χ2v) is 9.90. The molecule has 1 heterocycles. The van der Waals surface area contributed by atoms with E-state index in [1.54, 1.807) is 31.2 Å². The van der Waals surface area contributed by atoms with E-state index >= 15 is 0 Å². The van der Waals surface area contributed by atoms with Gasteiger partial charge >= 0.3 is 6.03 Å². The number of hydrogen-bond donors (Lipinski definition) is 1. The number of barbiturate groups is 1. The normalized spacial score (nSPS) is 14.8. The number of benzene rings is 3. The fraction of sp³-hybridized carbons (Fsp3) is 0.115. The van der Waals surface area contributed by atoms with Crippen LogP contribution in [0.3, 0.4) is 0 Å². The Hall–Kier alpha value is -3.08. The summed E-state index contributed by atoms with van der Waals surface area (Å²) < 4.78 is 12.4. The van der Waals surface area contributed by atoms with Gasteiger partial charge in [-0.2, -0.15) is 0 Å². The molecule has 0 radical (unpaired) electrons. The average molecular weight is 637 g/mol. The summed E-state index contributed by atoms with van der Waals surface area (Å²) in [7, 11) is 1.46. The van der Waals surface area contributed by atoms with Crippen LogP contribution in [0.25, 0.3) is 6.08 Å². The third-order valence-electron chi connectivity index (χ3n) is 5.37. The van der Waals surface area contributed by atoms with Crippen LogP contribution in [0.2, 0.25) is 10.0 Å². The second kappa shape index (κ2) is 10.9. The van der Waals surface area contributed by atoms with Crippen LogP contribution in [0.1, 0.15) is 16.7 Å². The summed E-state index contributed by atoms with van der Waals surface area (Å²) in [6.45, 7) is 2.06. The highest BCUT2D eigenvalue weighted by molar-refractivity contribution is 14.1. The predicted molar refractivity (Wildman–Crippen MR) is 147 cm³/mol. The van der Waals surface area contributed by atoms with Gasteiger partial charge in [-0.1, -0.05) is 41.4 Å². The van der Waals surface area contributed by atoms with Crippen LogP contribution in [0, 0.1) is 10.5 Å². The van der Waals surface area contributed by atoms with E-state index in [0.29, 0.717) is 22.1 Å². The van der Waals surface area contributed by atoms with Gasteiger partial charge < -0.3 is 9.47 Å². The van der Waals surface area contributed by atoms with Gasteiger partial charge in [-0.05, 0) is 88.7 Å². The Morgan fingerprint density at radius 2 is 1.72 bits per heavy atom. The maximum Gasteiger partial charge on any atom is 0.335 e. The molecule has 1 aliphatic rings. The van der Waals surface area contributed by atoms with Crippen molar-refractivity contribution in [3.63, 3.8) is 0 Å². The standard InChI is InChI=1S/C26H19Cl2IN2O5/c1-14-3-8-18(12-20(14)27)31-25(33)19(24(32)30-26(31)34)9-16-10-21(28)23(22(11-16)35-2)36-13-15-4-6-17(29)7-5-15/h3-12H,13H2,1-2H3,(H,30,32,34)/b19-9-. The van der Waals surface area contributed by atoms with Gasteiger partial charge in [0.2, 0.25) is 0 Å².